The van der Waals surface area contributed by atoms with Crippen LogP contribution in [0.5, 0.6) is 0 Å². The predicted molar refractivity (Wildman–Crippen MR) is 71.3 cm³/mol. The molecule has 1 aromatic rings. The van der Waals surface area contributed by atoms with Gasteiger partial charge in [0.1, 0.15) is 0 Å². The topological polar surface area (TPSA) is 67.1 Å². The van der Waals surface area contributed by atoms with Crippen molar-refractivity contribution in [2.24, 2.45) is 5.73 Å². The lowest BCUT2D eigenvalue weighted by Gasteiger charge is -2.14. The quantitative estimate of drug-likeness (QED) is 0.780. The number of nitrogens with one attached hydrogen (secondary N) is 2. The number of hydrogen-bond acceptors (Lipinski definition) is 2. The Kier molecular flexibility index (Phi) is 5.82. The van der Waals surface area contributed by atoms with Crippen molar-refractivity contribution in [3.8, 4) is 0 Å². The molecule has 0 heterocycles. The predicted octanol–water partition coefficient (Wildman–Crippen LogP) is 2.95. The first kappa shape index (κ1) is 16.3. The minimum Gasteiger partial charge on any atom is -0.335 e. The van der Waals surface area contributed by atoms with Gasteiger partial charge in [0.05, 0.1) is 5.56 Å². The summed E-state index contributed by atoms with van der Waals surface area (Å²) in [5, 5.41) is 5.16. The summed E-state index contributed by atoms with van der Waals surface area (Å²) in [5.74, 6) is 0. The Morgan fingerprint density at radius 1 is 1.30 bits per heavy atom. The number of anilines is 1. The molecule has 0 aliphatic heterocycles. The molecule has 0 aliphatic rings. The van der Waals surface area contributed by atoms with Crippen LogP contribution in [-0.4, -0.2) is 18.6 Å². The Balaban J connectivity index is 2.50. The van der Waals surface area contributed by atoms with E-state index in [1.54, 1.807) is 0 Å². The van der Waals surface area contributed by atoms with Crippen LogP contribution in [0.15, 0.2) is 24.3 Å². The summed E-state index contributed by atoms with van der Waals surface area (Å²) in [6.07, 6.45) is -2.84. The first-order valence-electron chi connectivity index (χ1n) is 6.27. The van der Waals surface area contributed by atoms with E-state index >= 15 is 0 Å². The zero-order chi connectivity index (χ0) is 15.2. The monoisotopic (exact) mass is 289 g/mol. The molecule has 0 fully saturated rings. The highest BCUT2D eigenvalue weighted by atomic mass is 19.4. The highest BCUT2D eigenvalue weighted by Gasteiger charge is 2.29. The van der Waals surface area contributed by atoms with Gasteiger partial charge in [0.2, 0.25) is 0 Å². The maximum Gasteiger partial charge on any atom is 0.416 e. The lowest BCUT2D eigenvalue weighted by atomic mass is 10.2. The third-order valence-electron chi connectivity index (χ3n) is 2.69. The van der Waals surface area contributed by atoms with Crippen molar-refractivity contribution in [1.29, 1.82) is 0 Å². The van der Waals surface area contributed by atoms with Gasteiger partial charge in [-0.2, -0.15) is 13.2 Å². The van der Waals surface area contributed by atoms with Crippen LogP contribution in [0, 0.1) is 0 Å². The fourth-order valence-electron chi connectivity index (χ4n) is 1.63. The summed E-state index contributed by atoms with van der Waals surface area (Å²) in [5.41, 5.74) is 4.92. The molecule has 0 radical (unpaired) electrons. The summed E-state index contributed by atoms with van der Waals surface area (Å²) in [6, 6.07) is 3.78. The summed E-state index contributed by atoms with van der Waals surface area (Å²) < 4.78 is 37.1. The number of halogens is 3. The normalized spacial score (nSPS) is 12.8. The molecule has 1 atom stereocenters. The standard InChI is InChI=1S/C13H18F3N3O/c1-9(3-2-8-17)18-12(20)19-11-6-4-10(5-7-11)13(14,15)16/h4-7,9H,2-3,8,17H2,1H3,(H2,18,19,20). The first-order chi connectivity index (χ1) is 9.32. The minimum atomic E-state index is -4.38. The van der Waals surface area contributed by atoms with Crippen LogP contribution in [0.4, 0.5) is 23.7 Å². The summed E-state index contributed by atoms with van der Waals surface area (Å²) in [7, 11) is 0. The third-order valence-corrected chi connectivity index (χ3v) is 2.69. The number of rotatable bonds is 5. The Labute approximate surface area is 115 Å². The number of alkyl halides is 3. The van der Waals surface area contributed by atoms with E-state index in [0.717, 1.165) is 25.0 Å². The molecule has 1 aromatic carbocycles. The molecular formula is C13H18F3N3O. The Hall–Kier alpha value is -1.76. The van der Waals surface area contributed by atoms with Crippen molar-refractivity contribution in [2.75, 3.05) is 11.9 Å². The van der Waals surface area contributed by atoms with Gasteiger partial charge >= 0.3 is 12.2 Å². The Bertz CT molecular complexity index is 431. The molecule has 1 unspecified atom stereocenters. The highest BCUT2D eigenvalue weighted by Crippen LogP contribution is 2.29. The number of benzene rings is 1. The molecule has 0 spiro atoms. The minimum absolute atomic E-state index is 0.0481. The van der Waals surface area contributed by atoms with Crippen LogP contribution in [0.1, 0.15) is 25.3 Å². The molecule has 0 saturated heterocycles. The zero-order valence-corrected chi connectivity index (χ0v) is 11.1. The van der Waals surface area contributed by atoms with Crippen molar-refractivity contribution < 1.29 is 18.0 Å². The number of nitrogens with two attached hydrogens (primary N) is 1. The van der Waals surface area contributed by atoms with Crippen LogP contribution in [-0.2, 0) is 6.18 Å². The molecule has 2 amide bonds. The molecule has 0 bridgehead atoms. The molecule has 4 nitrogen and oxygen atoms in total. The molecular weight excluding hydrogens is 271 g/mol. The third kappa shape index (κ3) is 5.48. The number of hydrogen-bond donors (Lipinski definition) is 3. The van der Waals surface area contributed by atoms with Crippen LogP contribution in [0.3, 0.4) is 0 Å². The van der Waals surface area contributed by atoms with Crippen molar-refractivity contribution in [3.05, 3.63) is 29.8 Å². The molecule has 112 valence electrons. The second-order valence-corrected chi connectivity index (χ2v) is 4.51. The van der Waals surface area contributed by atoms with Gasteiger partial charge in [-0.05, 0) is 50.6 Å². The van der Waals surface area contributed by atoms with Gasteiger partial charge in [-0.25, -0.2) is 4.79 Å². The average molecular weight is 289 g/mol. The Morgan fingerprint density at radius 2 is 1.90 bits per heavy atom. The van der Waals surface area contributed by atoms with Crippen LogP contribution in [0.25, 0.3) is 0 Å². The molecule has 0 saturated carbocycles. The van der Waals surface area contributed by atoms with E-state index in [1.807, 2.05) is 6.92 Å². The number of carbonyl (C=O) groups is 1. The summed E-state index contributed by atoms with van der Waals surface area (Å²) in [6.45, 7) is 2.38. The van der Waals surface area contributed by atoms with Gasteiger partial charge < -0.3 is 16.4 Å². The SMILES string of the molecule is CC(CCCN)NC(=O)Nc1ccc(C(F)(F)F)cc1. The first-order valence-corrected chi connectivity index (χ1v) is 6.27. The van der Waals surface area contributed by atoms with Crippen LogP contribution >= 0.6 is 0 Å². The maximum absolute atomic E-state index is 12.4. The smallest absolute Gasteiger partial charge is 0.335 e. The second-order valence-electron chi connectivity index (χ2n) is 4.51. The Morgan fingerprint density at radius 3 is 2.40 bits per heavy atom. The van der Waals surface area contributed by atoms with E-state index in [1.165, 1.54) is 12.1 Å². The summed E-state index contributed by atoms with van der Waals surface area (Å²) in [4.78, 5) is 11.6. The largest absolute Gasteiger partial charge is 0.416 e. The average Bonchev–Trinajstić information content (AvgIpc) is 2.35. The molecule has 0 aromatic heterocycles. The molecule has 0 aliphatic carbocycles. The van der Waals surface area contributed by atoms with E-state index in [-0.39, 0.29) is 6.04 Å². The van der Waals surface area contributed by atoms with Gasteiger partial charge in [-0.3, -0.25) is 0 Å². The molecule has 1 rings (SSSR count). The van der Waals surface area contributed by atoms with E-state index in [4.69, 9.17) is 5.73 Å². The maximum atomic E-state index is 12.4. The van der Waals surface area contributed by atoms with Gasteiger partial charge in [0.25, 0.3) is 0 Å². The van der Waals surface area contributed by atoms with Crippen molar-refractivity contribution >= 4 is 11.7 Å². The van der Waals surface area contributed by atoms with E-state index in [0.29, 0.717) is 12.2 Å². The van der Waals surface area contributed by atoms with E-state index < -0.39 is 17.8 Å². The van der Waals surface area contributed by atoms with Gasteiger partial charge in [-0.1, -0.05) is 0 Å². The number of carbonyl (C=O) groups excluding carboxylic acids is 1. The fraction of sp³-hybridized carbons (Fsp3) is 0.462. The number of urea groups is 1. The van der Waals surface area contributed by atoms with Crippen LogP contribution in [0.2, 0.25) is 0 Å². The van der Waals surface area contributed by atoms with Gasteiger partial charge in [-0.15, -0.1) is 0 Å². The van der Waals surface area contributed by atoms with Crippen molar-refractivity contribution in [3.63, 3.8) is 0 Å². The molecule has 7 heteroatoms. The van der Waals surface area contributed by atoms with Gasteiger partial charge in [0, 0.05) is 11.7 Å². The molecule has 4 N–H and O–H groups in total. The number of amides is 2. The van der Waals surface area contributed by atoms with Gasteiger partial charge in [0.15, 0.2) is 0 Å². The summed E-state index contributed by atoms with van der Waals surface area (Å²) >= 11 is 0. The lowest BCUT2D eigenvalue weighted by Crippen LogP contribution is -2.36. The van der Waals surface area contributed by atoms with Crippen molar-refractivity contribution in [2.45, 2.75) is 32.0 Å². The molecule has 20 heavy (non-hydrogen) atoms. The fourth-order valence-corrected chi connectivity index (χ4v) is 1.63. The zero-order valence-electron chi connectivity index (χ0n) is 11.1. The lowest BCUT2D eigenvalue weighted by molar-refractivity contribution is -0.137. The van der Waals surface area contributed by atoms with E-state index in [2.05, 4.69) is 10.6 Å². The van der Waals surface area contributed by atoms with Crippen LogP contribution < -0.4 is 16.4 Å². The van der Waals surface area contributed by atoms with Crippen molar-refractivity contribution in [1.82, 2.24) is 5.32 Å². The highest BCUT2D eigenvalue weighted by molar-refractivity contribution is 5.89. The second kappa shape index (κ2) is 7.14. The van der Waals surface area contributed by atoms with E-state index in [9.17, 15) is 18.0 Å².